The summed E-state index contributed by atoms with van der Waals surface area (Å²) in [5, 5.41) is 10.6. The highest BCUT2D eigenvalue weighted by atomic mass is 35.5. The van der Waals surface area contributed by atoms with Crippen LogP contribution in [0.5, 0.6) is 0 Å². The molecule has 1 amide bonds. The van der Waals surface area contributed by atoms with E-state index in [0.29, 0.717) is 36.2 Å². The lowest BCUT2D eigenvalue weighted by atomic mass is 9.96. The van der Waals surface area contributed by atoms with Gasteiger partial charge in [-0.3, -0.25) is 9.20 Å². The molecule has 2 atom stereocenters. The van der Waals surface area contributed by atoms with Crippen LogP contribution in [0.2, 0.25) is 5.02 Å². The first kappa shape index (κ1) is 16.7. The number of β-amino-alcohol motifs (C(OH)–C–C–N with tert-alkyl or cyclic N) is 1. The average molecular weight is 373 g/mol. The lowest BCUT2D eigenvalue weighted by molar-refractivity contribution is -0.123. The van der Waals surface area contributed by atoms with E-state index in [1.807, 2.05) is 10.5 Å². The van der Waals surface area contributed by atoms with Gasteiger partial charge in [0.2, 0.25) is 11.9 Å². The number of halogens is 1. The normalized spacial score (nSPS) is 20.5. The molecule has 1 aliphatic rings. The molecule has 0 radical (unpaired) electrons. The van der Waals surface area contributed by atoms with Gasteiger partial charge in [-0.1, -0.05) is 11.6 Å². The molecule has 0 spiro atoms. The van der Waals surface area contributed by atoms with E-state index in [0.717, 1.165) is 11.3 Å². The van der Waals surface area contributed by atoms with Crippen LogP contribution < -0.4 is 10.6 Å². The van der Waals surface area contributed by atoms with Crippen molar-refractivity contribution < 1.29 is 9.90 Å². The molecule has 134 valence electrons. The van der Waals surface area contributed by atoms with Gasteiger partial charge in [0.25, 0.3) is 0 Å². The van der Waals surface area contributed by atoms with Crippen molar-refractivity contribution in [2.24, 2.45) is 11.7 Å². The van der Waals surface area contributed by atoms with Crippen LogP contribution in [0.1, 0.15) is 6.42 Å². The van der Waals surface area contributed by atoms with Crippen LogP contribution in [-0.2, 0) is 4.79 Å². The first-order valence-corrected chi connectivity index (χ1v) is 8.57. The van der Waals surface area contributed by atoms with E-state index in [9.17, 15) is 9.90 Å². The van der Waals surface area contributed by atoms with E-state index in [4.69, 9.17) is 17.3 Å². The number of rotatable bonds is 3. The van der Waals surface area contributed by atoms with Crippen LogP contribution in [0, 0.1) is 5.92 Å². The van der Waals surface area contributed by atoms with Crippen LogP contribution >= 0.6 is 11.6 Å². The Kier molecular flexibility index (Phi) is 4.21. The maximum atomic E-state index is 11.5. The van der Waals surface area contributed by atoms with Crippen LogP contribution in [-0.4, -0.2) is 49.6 Å². The van der Waals surface area contributed by atoms with Gasteiger partial charge in [-0.05, 0) is 24.6 Å². The van der Waals surface area contributed by atoms with Crippen molar-refractivity contribution in [2.75, 3.05) is 18.0 Å². The topological polar surface area (TPSA) is 110 Å². The van der Waals surface area contributed by atoms with Crippen LogP contribution in [0.3, 0.4) is 0 Å². The molecule has 9 heteroatoms. The van der Waals surface area contributed by atoms with Crippen molar-refractivity contribution in [3.63, 3.8) is 0 Å². The number of pyridine rings is 1. The molecule has 0 saturated carbocycles. The Morgan fingerprint density at radius 1 is 1.27 bits per heavy atom. The largest absolute Gasteiger partial charge is 0.391 e. The summed E-state index contributed by atoms with van der Waals surface area (Å²) < 4.78 is 1.85. The number of hydrogen-bond donors (Lipinski definition) is 2. The Balaban J connectivity index is 1.70. The highest BCUT2D eigenvalue weighted by Crippen LogP contribution is 2.25. The number of primary amides is 1. The monoisotopic (exact) mass is 372 g/mol. The molecule has 3 aromatic rings. The number of hydrogen-bond acceptors (Lipinski definition) is 6. The van der Waals surface area contributed by atoms with Crippen molar-refractivity contribution in [3.8, 4) is 11.4 Å². The molecule has 0 aliphatic carbocycles. The smallest absolute Gasteiger partial charge is 0.226 e. The highest BCUT2D eigenvalue weighted by Gasteiger charge is 2.30. The van der Waals surface area contributed by atoms with Crippen LogP contribution in [0.4, 0.5) is 5.95 Å². The van der Waals surface area contributed by atoms with E-state index < -0.39 is 17.9 Å². The summed E-state index contributed by atoms with van der Waals surface area (Å²) >= 11 is 6.09. The van der Waals surface area contributed by atoms with Crippen molar-refractivity contribution in [2.45, 2.75) is 12.5 Å². The average Bonchev–Trinajstić information content (AvgIpc) is 3.04. The molecule has 3 aromatic heterocycles. The number of anilines is 1. The predicted octanol–water partition coefficient (Wildman–Crippen LogP) is 1.12. The third-order valence-corrected chi connectivity index (χ3v) is 4.71. The summed E-state index contributed by atoms with van der Waals surface area (Å²) in [4.78, 5) is 26.6. The maximum absolute atomic E-state index is 11.5. The Morgan fingerprint density at radius 2 is 2.12 bits per heavy atom. The number of aliphatic hydroxyl groups excluding tert-OH is 1. The fraction of sp³-hybridized carbons (Fsp3) is 0.294. The second-order valence-corrected chi connectivity index (χ2v) is 6.79. The quantitative estimate of drug-likeness (QED) is 0.712. The molecule has 0 aromatic carbocycles. The fourth-order valence-electron chi connectivity index (χ4n) is 3.23. The van der Waals surface area contributed by atoms with Gasteiger partial charge in [0, 0.05) is 25.5 Å². The zero-order valence-corrected chi connectivity index (χ0v) is 14.5. The van der Waals surface area contributed by atoms with E-state index in [1.165, 1.54) is 0 Å². The summed E-state index contributed by atoms with van der Waals surface area (Å²) in [6.07, 6.45) is 4.84. The zero-order valence-electron chi connectivity index (χ0n) is 13.8. The number of carbonyl (C=O) groups is 1. The number of amides is 1. The molecule has 1 aliphatic heterocycles. The minimum absolute atomic E-state index is 0.353. The van der Waals surface area contributed by atoms with Gasteiger partial charge < -0.3 is 15.7 Å². The standard InChI is InChI=1S/C17H17ClN6O2/c18-11-1-2-15-21-6-14(24(15)8-11)13-3-4-20-17(22-13)23-7-10(16(19)26)5-12(25)9-23/h1-4,6,8,10,12,25H,5,7,9H2,(H2,19,26)/t10-,12-/m0/s1. The SMILES string of the molecule is NC(=O)[C@H]1C[C@H](O)CN(c2nccc(-c3cnc4ccc(Cl)cn34)n2)C1. The number of aromatic nitrogens is 4. The van der Waals surface area contributed by atoms with Gasteiger partial charge >= 0.3 is 0 Å². The molecular formula is C17H17ClN6O2. The lowest BCUT2D eigenvalue weighted by Gasteiger charge is -2.34. The highest BCUT2D eigenvalue weighted by molar-refractivity contribution is 6.30. The maximum Gasteiger partial charge on any atom is 0.226 e. The lowest BCUT2D eigenvalue weighted by Crippen LogP contribution is -2.48. The second kappa shape index (κ2) is 6.54. The van der Waals surface area contributed by atoms with E-state index in [1.54, 1.807) is 35.6 Å². The van der Waals surface area contributed by atoms with Crippen molar-refractivity contribution in [1.82, 2.24) is 19.4 Å². The fourth-order valence-corrected chi connectivity index (χ4v) is 3.39. The van der Waals surface area contributed by atoms with Gasteiger partial charge in [-0.15, -0.1) is 0 Å². The molecule has 3 N–H and O–H groups in total. The second-order valence-electron chi connectivity index (χ2n) is 6.35. The third kappa shape index (κ3) is 3.09. The minimum Gasteiger partial charge on any atom is -0.391 e. The zero-order chi connectivity index (χ0) is 18.3. The number of nitrogens with two attached hydrogens (primary N) is 1. The van der Waals surface area contributed by atoms with Gasteiger partial charge in [-0.25, -0.2) is 15.0 Å². The number of piperidine rings is 1. The number of imidazole rings is 1. The van der Waals surface area contributed by atoms with E-state index in [-0.39, 0.29) is 0 Å². The van der Waals surface area contributed by atoms with E-state index in [2.05, 4.69) is 15.0 Å². The molecule has 0 bridgehead atoms. The van der Waals surface area contributed by atoms with E-state index >= 15 is 0 Å². The number of aliphatic hydroxyl groups is 1. The Labute approximate surface area is 154 Å². The van der Waals surface area contributed by atoms with Crippen LogP contribution in [0.25, 0.3) is 17.0 Å². The summed E-state index contributed by atoms with van der Waals surface area (Å²) in [6.45, 7) is 0.737. The summed E-state index contributed by atoms with van der Waals surface area (Å²) in [6, 6.07) is 5.38. The summed E-state index contributed by atoms with van der Waals surface area (Å²) in [7, 11) is 0. The summed E-state index contributed by atoms with van der Waals surface area (Å²) in [5.41, 5.74) is 7.61. The Hall–Kier alpha value is -2.71. The van der Waals surface area contributed by atoms with Gasteiger partial charge in [0.1, 0.15) is 5.65 Å². The summed E-state index contributed by atoms with van der Waals surface area (Å²) in [5.74, 6) is -0.425. The molecular weight excluding hydrogens is 356 g/mol. The number of fused-ring (bicyclic) bond motifs is 1. The van der Waals surface area contributed by atoms with Crippen molar-refractivity contribution in [1.29, 1.82) is 0 Å². The molecule has 1 saturated heterocycles. The Bertz CT molecular complexity index is 975. The van der Waals surface area contributed by atoms with Crippen molar-refractivity contribution in [3.05, 3.63) is 41.8 Å². The van der Waals surface area contributed by atoms with Gasteiger partial charge in [0.15, 0.2) is 0 Å². The molecule has 8 nitrogen and oxygen atoms in total. The number of carbonyl (C=O) groups excluding carboxylic acids is 1. The van der Waals surface area contributed by atoms with Gasteiger partial charge in [-0.2, -0.15) is 0 Å². The number of nitrogens with zero attached hydrogens (tertiary/aromatic N) is 5. The first-order valence-electron chi connectivity index (χ1n) is 8.19. The predicted molar refractivity (Wildman–Crippen MR) is 96.7 cm³/mol. The minimum atomic E-state index is -0.650. The first-order chi connectivity index (χ1) is 12.5. The molecule has 1 fully saturated rings. The molecule has 4 heterocycles. The Morgan fingerprint density at radius 3 is 2.92 bits per heavy atom. The van der Waals surface area contributed by atoms with Crippen molar-refractivity contribution >= 4 is 29.1 Å². The van der Waals surface area contributed by atoms with Crippen LogP contribution in [0.15, 0.2) is 36.8 Å². The molecule has 0 unspecified atom stereocenters. The van der Waals surface area contributed by atoms with Gasteiger partial charge in [0.05, 0.1) is 34.6 Å². The molecule has 4 rings (SSSR count). The third-order valence-electron chi connectivity index (χ3n) is 4.49. The molecule has 26 heavy (non-hydrogen) atoms.